The highest BCUT2D eigenvalue weighted by Gasteiger charge is 2.31. The maximum Gasteiger partial charge on any atom is 0.255 e. The number of rotatable bonds is 6. The number of hydrogen-bond acceptors (Lipinski definition) is 5. The van der Waals surface area contributed by atoms with Crippen LogP contribution in [0.1, 0.15) is 37.6 Å². The van der Waals surface area contributed by atoms with Crippen LogP contribution in [-0.4, -0.2) is 69.3 Å². The van der Waals surface area contributed by atoms with Gasteiger partial charge in [0.25, 0.3) is 5.91 Å². The molecule has 2 aromatic rings. The summed E-state index contributed by atoms with van der Waals surface area (Å²) in [6.07, 6.45) is 1.04. The number of carbonyl (C=O) groups excluding carboxylic acids is 1. The molecule has 8 heteroatoms. The highest BCUT2D eigenvalue weighted by Crippen LogP contribution is 2.29. The molecule has 184 valence electrons. The fourth-order valence-electron chi connectivity index (χ4n) is 5.08. The first kappa shape index (κ1) is 24.7. The normalized spacial score (nSPS) is 22.5. The monoisotopic (exact) mass is 484 g/mol. The van der Waals surface area contributed by atoms with Crippen molar-refractivity contribution in [1.29, 1.82) is 0 Å². The van der Waals surface area contributed by atoms with E-state index in [1.807, 2.05) is 24.3 Å². The first-order valence-electron chi connectivity index (χ1n) is 12.3. The third-order valence-electron chi connectivity index (χ3n) is 6.90. The molecule has 2 aliphatic heterocycles. The number of likely N-dealkylation sites (N-methyl/N-ethyl adjacent to an activating group) is 1. The second-order valence-corrected chi connectivity index (χ2v) is 11.6. The third kappa shape index (κ3) is 5.45. The highest BCUT2D eigenvalue weighted by atomic mass is 32.2. The Bertz CT molecular complexity index is 1090. The van der Waals surface area contributed by atoms with E-state index in [1.54, 1.807) is 28.6 Å². The Morgan fingerprint density at radius 3 is 2.18 bits per heavy atom. The van der Waals surface area contributed by atoms with Crippen molar-refractivity contribution in [3.8, 4) is 0 Å². The lowest BCUT2D eigenvalue weighted by atomic mass is 9.94. The lowest BCUT2D eigenvalue weighted by Gasteiger charge is -2.36. The van der Waals surface area contributed by atoms with Crippen molar-refractivity contribution in [1.82, 2.24) is 9.21 Å². The van der Waals surface area contributed by atoms with Gasteiger partial charge in [-0.1, -0.05) is 32.9 Å². The minimum atomic E-state index is -3.57. The Balaban J connectivity index is 1.46. The molecule has 2 heterocycles. The van der Waals surface area contributed by atoms with Crippen LogP contribution in [0.25, 0.3) is 0 Å². The predicted octanol–water partition coefficient (Wildman–Crippen LogP) is 3.75. The molecule has 1 amide bonds. The summed E-state index contributed by atoms with van der Waals surface area (Å²) in [5, 5.41) is 3.03. The first-order chi connectivity index (χ1) is 16.3. The number of nitrogens with zero attached hydrogens (tertiary/aromatic N) is 3. The third-order valence-corrected chi connectivity index (χ3v) is 8.75. The van der Waals surface area contributed by atoms with E-state index in [2.05, 4.69) is 35.9 Å². The van der Waals surface area contributed by atoms with Crippen LogP contribution in [0.5, 0.6) is 0 Å². The summed E-state index contributed by atoms with van der Waals surface area (Å²) in [5.74, 6) is 0.436. The van der Waals surface area contributed by atoms with Gasteiger partial charge in [-0.25, -0.2) is 8.42 Å². The van der Waals surface area contributed by atoms with Gasteiger partial charge in [0.05, 0.1) is 16.3 Å². The molecule has 0 aromatic heterocycles. The van der Waals surface area contributed by atoms with Gasteiger partial charge in [-0.15, -0.1) is 0 Å². The molecule has 0 radical (unpaired) electrons. The molecule has 4 rings (SSSR count). The number of anilines is 2. The number of para-hydroxylation sites is 2. The molecule has 2 unspecified atom stereocenters. The van der Waals surface area contributed by atoms with Crippen LogP contribution in [0.3, 0.4) is 0 Å². The van der Waals surface area contributed by atoms with Gasteiger partial charge < -0.3 is 15.1 Å². The SMILES string of the molecule is CCN1CCN(c2ccccc2NC(=O)c2ccc(S(=O)(=O)N3CC(C)CC(C)C3)cc2)CC1. The van der Waals surface area contributed by atoms with Crippen molar-refractivity contribution in [2.24, 2.45) is 11.8 Å². The Morgan fingerprint density at radius 1 is 0.941 bits per heavy atom. The highest BCUT2D eigenvalue weighted by molar-refractivity contribution is 7.89. The Morgan fingerprint density at radius 2 is 1.56 bits per heavy atom. The number of piperazine rings is 1. The minimum absolute atomic E-state index is 0.236. The standard InChI is InChI=1S/C26H36N4O3S/c1-4-28-13-15-29(16-14-28)25-8-6-5-7-24(25)27-26(31)22-9-11-23(12-10-22)34(32,33)30-18-20(2)17-21(3)19-30/h5-12,20-21H,4,13-19H2,1-3H3,(H,27,31). The van der Waals surface area contributed by atoms with Crippen LogP contribution in [-0.2, 0) is 10.0 Å². The largest absolute Gasteiger partial charge is 0.367 e. The van der Waals surface area contributed by atoms with Crippen molar-refractivity contribution >= 4 is 27.3 Å². The van der Waals surface area contributed by atoms with E-state index in [-0.39, 0.29) is 10.8 Å². The molecule has 2 aromatic carbocycles. The van der Waals surface area contributed by atoms with Crippen LogP contribution in [0.2, 0.25) is 0 Å². The molecule has 1 N–H and O–H groups in total. The number of hydrogen-bond donors (Lipinski definition) is 1. The summed E-state index contributed by atoms with van der Waals surface area (Å²) in [7, 11) is -3.57. The summed E-state index contributed by atoms with van der Waals surface area (Å²) in [4.78, 5) is 18.0. The molecule has 2 aliphatic rings. The molecule has 0 bridgehead atoms. The first-order valence-corrected chi connectivity index (χ1v) is 13.7. The summed E-state index contributed by atoms with van der Waals surface area (Å²) in [5.41, 5.74) is 2.22. The van der Waals surface area contributed by atoms with Crippen LogP contribution >= 0.6 is 0 Å². The fraction of sp³-hybridized carbons (Fsp3) is 0.500. The zero-order valence-electron chi connectivity index (χ0n) is 20.4. The van der Waals surface area contributed by atoms with Gasteiger partial charge in [-0.2, -0.15) is 4.31 Å². The molecule has 2 saturated heterocycles. The van der Waals surface area contributed by atoms with Crippen LogP contribution in [0.4, 0.5) is 11.4 Å². The van der Waals surface area contributed by atoms with Gasteiger partial charge in [0.15, 0.2) is 0 Å². The van der Waals surface area contributed by atoms with E-state index < -0.39 is 10.0 Å². The van der Waals surface area contributed by atoms with Gasteiger partial charge in [-0.3, -0.25) is 4.79 Å². The van der Waals surface area contributed by atoms with Crippen molar-refractivity contribution < 1.29 is 13.2 Å². The smallest absolute Gasteiger partial charge is 0.255 e. The Labute approximate surface area is 203 Å². The van der Waals surface area contributed by atoms with E-state index in [0.717, 1.165) is 50.5 Å². The number of sulfonamides is 1. The summed E-state index contributed by atoms with van der Waals surface area (Å²) >= 11 is 0. The zero-order chi connectivity index (χ0) is 24.3. The Hall–Kier alpha value is -2.42. The maximum absolute atomic E-state index is 13.1. The second-order valence-electron chi connectivity index (χ2n) is 9.69. The number of nitrogens with one attached hydrogen (secondary N) is 1. The van der Waals surface area contributed by atoms with E-state index >= 15 is 0 Å². The number of amides is 1. The van der Waals surface area contributed by atoms with Gasteiger partial charge in [0, 0.05) is 44.8 Å². The molecule has 0 saturated carbocycles. The quantitative estimate of drug-likeness (QED) is 0.676. The van der Waals surface area contributed by atoms with Gasteiger partial charge in [0.1, 0.15) is 0 Å². The van der Waals surface area contributed by atoms with Crippen molar-refractivity contribution in [2.45, 2.75) is 32.1 Å². The van der Waals surface area contributed by atoms with Crippen LogP contribution in [0, 0.1) is 11.8 Å². The summed E-state index contributed by atoms with van der Waals surface area (Å²) in [6.45, 7) is 12.3. The average molecular weight is 485 g/mol. The molecule has 2 atom stereocenters. The zero-order valence-corrected chi connectivity index (χ0v) is 21.2. The maximum atomic E-state index is 13.1. The topological polar surface area (TPSA) is 73.0 Å². The van der Waals surface area contributed by atoms with E-state index in [1.165, 1.54) is 0 Å². The number of benzene rings is 2. The molecule has 0 aliphatic carbocycles. The Kier molecular flexibility index (Phi) is 7.60. The van der Waals surface area contributed by atoms with E-state index in [0.29, 0.717) is 30.5 Å². The lowest BCUT2D eigenvalue weighted by molar-refractivity contribution is 0.102. The molecular weight excluding hydrogens is 448 g/mol. The molecular formula is C26H36N4O3S. The molecule has 2 fully saturated rings. The van der Waals surface area contributed by atoms with Crippen molar-refractivity contribution in [3.63, 3.8) is 0 Å². The van der Waals surface area contributed by atoms with E-state index in [9.17, 15) is 13.2 Å². The van der Waals surface area contributed by atoms with Gasteiger partial charge in [-0.05, 0) is 61.2 Å². The minimum Gasteiger partial charge on any atom is -0.367 e. The summed E-state index contributed by atoms with van der Waals surface area (Å²) < 4.78 is 27.8. The second kappa shape index (κ2) is 10.5. The molecule has 7 nitrogen and oxygen atoms in total. The van der Waals surface area contributed by atoms with E-state index in [4.69, 9.17) is 0 Å². The van der Waals surface area contributed by atoms with Gasteiger partial charge in [0.2, 0.25) is 10.0 Å². The molecule has 0 spiro atoms. The number of carbonyl (C=O) groups is 1. The van der Waals surface area contributed by atoms with Crippen molar-refractivity contribution in [2.75, 3.05) is 56.0 Å². The summed E-state index contributed by atoms with van der Waals surface area (Å²) in [6, 6.07) is 14.1. The van der Waals surface area contributed by atoms with Gasteiger partial charge >= 0.3 is 0 Å². The van der Waals surface area contributed by atoms with Crippen molar-refractivity contribution in [3.05, 3.63) is 54.1 Å². The average Bonchev–Trinajstić information content (AvgIpc) is 2.84. The number of piperidine rings is 1. The predicted molar refractivity (Wildman–Crippen MR) is 137 cm³/mol. The van der Waals surface area contributed by atoms with Crippen LogP contribution < -0.4 is 10.2 Å². The fourth-order valence-corrected chi connectivity index (χ4v) is 6.76. The lowest BCUT2D eigenvalue weighted by Crippen LogP contribution is -2.46. The van der Waals surface area contributed by atoms with Crippen LogP contribution in [0.15, 0.2) is 53.4 Å². The molecule has 34 heavy (non-hydrogen) atoms.